The van der Waals surface area contributed by atoms with Crippen LogP contribution in [0.4, 0.5) is 0 Å². The average Bonchev–Trinajstić information content (AvgIpc) is 3.20. The molecule has 1 saturated heterocycles. The van der Waals surface area contributed by atoms with Crippen LogP contribution in [0.5, 0.6) is 0 Å². The smallest absolute Gasteiger partial charge is 0.253 e. The molecule has 0 radical (unpaired) electrons. The number of nitrogens with zero attached hydrogens (tertiary/aromatic N) is 3. The molecule has 0 spiro atoms. The van der Waals surface area contributed by atoms with Crippen LogP contribution in [0.15, 0.2) is 52.9 Å². The summed E-state index contributed by atoms with van der Waals surface area (Å²) in [5.41, 5.74) is 4.31. The van der Waals surface area contributed by atoms with E-state index in [1.165, 1.54) is 15.6 Å². The second-order valence-corrected chi connectivity index (χ2v) is 11.3. The molecule has 158 valence electrons. The van der Waals surface area contributed by atoms with Crippen molar-refractivity contribution in [2.75, 3.05) is 26.2 Å². The van der Waals surface area contributed by atoms with Crippen LogP contribution in [-0.2, 0) is 15.4 Å². The molecule has 8 heteroatoms. The molecular weight excluding hydrogens is 418 g/mol. The van der Waals surface area contributed by atoms with Crippen LogP contribution < -0.4 is 0 Å². The number of thiazole rings is 1. The predicted octanol–water partition coefficient (Wildman–Crippen LogP) is 3.74. The SMILES string of the molecule is CC(C)(C)c1ccc(S(=O)(=O)N2CCN(C(=O)c3ccc4ncsc4c3)CC2)cc1. The summed E-state index contributed by atoms with van der Waals surface area (Å²) in [6.45, 7) is 7.62. The van der Waals surface area contributed by atoms with Crippen LogP contribution in [0.3, 0.4) is 0 Å². The van der Waals surface area contributed by atoms with Crippen molar-refractivity contribution in [3.05, 3.63) is 59.1 Å². The van der Waals surface area contributed by atoms with Gasteiger partial charge >= 0.3 is 0 Å². The van der Waals surface area contributed by atoms with E-state index in [9.17, 15) is 13.2 Å². The Balaban J connectivity index is 1.44. The van der Waals surface area contributed by atoms with Gasteiger partial charge in [0.2, 0.25) is 10.0 Å². The Labute approximate surface area is 181 Å². The van der Waals surface area contributed by atoms with E-state index in [2.05, 4.69) is 25.8 Å². The Bertz CT molecular complexity index is 1170. The molecule has 2 aromatic carbocycles. The molecule has 0 saturated carbocycles. The van der Waals surface area contributed by atoms with E-state index in [1.807, 2.05) is 24.3 Å². The molecule has 1 aromatic heterocycles. The van der Waals surface area contributed by atoms with E-state index in [-0.39, 0.29) is 24.4 Å². The van der Waals surface area contributed by atoms with Crippen LogP contribution in [0.25, 0.3) is 10.2 Å². The number of carbonyl (C=O) groups is 1. The molecule has 4 rings (SSSR count). The van der Waals surface area contributed by atoms with Crippen molar-refractivity contribution in [1.82, 2.24) is 14.2 Å². The Morgan fingerprint density at radius 3 is 2.30 bits per heavy atom. The summed E-state index contributed by atoms with van der Waals surface area (Å²) in [6.07, 6.45) is 0. The molecule has 0 bridgehead atoms. The summed E-state index contributed by atoms with van der Waals surface area (Å²) in [6, 6.07) is 12.6. The third-order valence-corrected chi connectivity index (χ3v) is 8.17. The van der Waals surface area contributed by atoms with E-state index < -0.39 is 10.0 Å². The number of fused-ring (bicyclic) bond motifs is 1. The zero-order valence-corrected chi connectivity index (χ0v) is 19.0. The summed E-state index contributed by atoms with van der Waals surface area (Å²) in [7, 11) is -3.57. The van der Waals surface area contributed by atoms with Gasteiger partial charge < -0.3 is 4.90 Å². The van der Waals surface area contributed by atoms with Gasteiger partial charge in [-0.3, -0.25) is 4.79 Å². The number of carbonyl (C=O) groups excluding carboxylic acids is 1. The number of hydrogen-bond donors (Lipinski definition) is 0. The minimum Gasteiger partial charge on any atom is -0.336 e. The number of aromatic nitrogens is 1. The highest BCUT2D eigenvalue weighted by atomic mass is 32.2. The molecule has 0 unspecified atom stereocenters. The molecule has 1 fully saturated rings. The molecule has 6 nitrogen and oxygen atoms in total. The Morgan fingerprint density at radius 1 is 1.00 bits per heavy atom. The molecule has 1 amide bonds. The van der Waals surface area contributed by atoms with E-state index in [0.29, 0.717) is 23.5 Å². The maximum Gasteiger partial charge on any atom is 0.253 e. The number of benzene rings is 2. The zero-order chi connectivity index (χ0) is 21.5. The van der Waals surface area contributed by atoms with Crippen LogP contribution in [0, 0.1) is 0 Å². The van der Waals surface area contributed by atoms with E-state index in [0.717, 1.165) is 15.8 Å². The summed E-state index contributed by atoms with van der Waals surface area (Å²) in [5.74, 6) is -0.0723. The fraction of sp³-hybridized carbons (Fsp3) is 0.364. The van der Waals surface area contributed by atoms with Gasteiger partial charge in [0.05, 0.1) is 20.6 Å². The third-order valence-electron chi connectivity index (χ3n) is 5.46. The largest absolute Gasteiger partial charge is 0.336 e. The van der Waals surface area contributed by atoms with Crippen molar-refractivity contribution in [3.63, 3.8) is 0 Å². The second kappa shape index (κ2) is 7.76. The zero-order valence-electron chi connectivity index (χ0n) is 17.3. The predicted molar refractivity (Wildman–Crippen MR) is 119 cm³/mol. The highest BCUT2D eigenvalue weighted by molar-refractivity contribution is 7.89. The molecule has 1 aliphatic heterocycles. The van der Waals surface area contributed by atoms with Gasteiger partial charge in [-0.05, 0) is 41.3 Å². The summed E-state index contributed by atoms with van der Waals surface area (Å²) in [4.78, 5) is 19.1. The number of amides is 1. The lowest BCUT2D eigenvalue weighted by atomic mass is 9.87. The van der Waals surface area contributed by atoms with Crippen molar-refractivity contribution in [3.8, 4) is 0 Å². The quantitative estimate of drug-likeness (QED) is 0.618. The monoisotopic (exact) mass is 443 g/mol. The number of piperazine rings is 1. The lowest BCUT2D eigenvalue weighted by Crippen LogP contribution is -2.50. The summed E-state index contributed by atoms with van der Waals surface area (Å²) in [5, 5.41) is 0. The first kappa shape index (κ1) is 21.0. The van der Waals surface area contributed by atoms with Gasteiger partial charge in [-0.15, -0.1) is 11.3 Å². The Hall–Kier alpha value is -2.29. The van der Waals surface area contributed by atoms with Crippen molar-refractivity contribution in [2.45, 2.75) is 31.1 Å². The summed E-state index contributed by atoms with van der Waals surface area (Å²) >= 11 is 1.50. The normalized spacial score (nSPS) is 16.2. The first-order valence-electron chi connectivity index (χ1n) is 9.89. The lowest BCUT2D eigenvalue weighted by Gasteiger charge is -2.34. The molecule has 2 heterocycles. The molecular formula is C22H25N3O3S2. The van der Waals surface area contributed by atoms with E-state index in [1.54, 1.807) is 28.6 Å². The second-order valence-electron chi connectivity index (χ2n) is 8.51. The topological polar surface area (TPSA) is 70.6 Å². The van der Waals surface area contributed by atoms with Crippen molar-refractivity contribution in [1.29, 1.82) is 0 Å². The third kappa shape index (κ3) is 3.99. The Morgan fingerprint density at radius 2 is 1.67 bits per heavy atom. The van der Waals surface area contributed by atoms with Crippen molar-refractivity contribution >= 4 is 37.5 Å². The van der Waals surface area contributed by atoms with Gasteiger partial charge in [-0.2, -0.15) is 4.31 Å². The number of hydrogen-bond acceptors (Lipinski definition) is 5. The fourth-order valence-electron chi connectivity index (χ4n) is 3.58. The Kier molecular flexibility index (Phi) is 5.42. The first-order valence-corrected chi connectivity index (χ1v) is 12.2. The van der Waals surface area contributed by atoms with Gasteiger partial charge in [0.15, 0.2) is 0 Å². The molecule has 30 heavy (non-hydrogen) atoms. The highest BCUT2D eigenvalue weighted by Crippen LogP contribution is 2.25. The van der Waals surface area contributed by atoms with E-state index >= 15 is 0 Å². The van der Waals surface area contributed by atoms with Gasteiger partial charge in [0.1, 0.15) is 0 Å². The fourth-order valence-corrected chi connectivity index (χ4v) is 5.72. The number of sulfonamides is 1. The maximum absolute atomic E-state index is 13.0. The van der Waals surface area contributed by atoms with Gasteiger partial charge in [-0.25, -0.2) is 13.4 Å². The van der Waals surface area contributed by atoms with Crippen LogP contribution in [0.1, 0.15) is 36.7 Å². The summed E-state index contributed by atoms with van der Waals surface area (Å²) < 4.78 is 28.5. The maximum atomic E-state index is 13.0. The van der Waals surface area contributed by atoms with Gasteiger partial charge in [-0.1, -0.05) is 32.9 Å². The molecule has 0 aliphatic carbocycles. The molecule has 0 N–H and O–H groups in total. The molecule has 3 aromatic rings. The molecule has 0 atom stereocenters. The van der Waals surface area contributed by atoms with Crippen LogP contribution in [-0.4, -0.2) is 54.7 Å². The van der Waals surface area contributed by atoms with Gasteiger partial charge in [0, 0.05) is 31.7 Å². The highest BCUT2D eigenvalue weighted by Gasteiger charge is 2.30. The van der Waals surface area contributed by atoms with Crippen LogP contribution >= 0.6 is 11.3 Å². The number of rotatable bonds is 3. The minimum absolute atomic E-state index is 0.0313. The average molecular weight is 444 g/mol. The van der Waals surface area contributed by atoms with Crippen LogP contribution in [0.2, 0.25) is 0 Å². The van der Waals surface area contributed by atoms with E-state index in [4.69, 9.17) is 0 Å². The lowest BCUT2D eigenvalue weighted by molar-refractivity contribution is 0.0698. The minimum atomic E-state index is -3.57. The standard InChI is InChI=1S/C22H25N3O3S2/c1-22(2,3)17-5-7-18(8-6-17)30(27,28)25-12-10-24(11-13-25)21(26)16-4-9-19-20(14-16)29-15-23-19/h4-9,14-15H,10-13H2,1-3H3. The van der Waals surface area contributed by atoms with Crippen molar-refractivity contribution in [2.24, 2.45) is 0 Å². The van der Waals surface area contributed by atoms with Gasteiger partial charge in [0.25, 0.3) is 5.91 Å². The first-order chi connectivity index (χ1) is 14.2. The molecule has 1 aliphatic rings. The van der Waals surface area contributed by atoms with Crippen molar-refractivity contribution < 1.29 is 13.2 Å².